The molecule has 2 nitrogen and oxygen atoms in total. The van der Waals surface area contributed by atoms with Crippen molar-refractivity contribution in [3.05, 3.63) is 42.5 Å². The van der Waals surface area contributed by atoms with Gasteiger partial charge >= 0.3 is 0 Å². The number of hydrogen-bond acceptors (Lipinski definition) is 3. The van der Waals surface area contributed by atoms with Gasteiger partial charge in [-0.2, -0.15) is 0 Å². The first-order valence-corrected chi connectivity index (χ1v) is 7.01. The highest BCUT2D eigenvalue weighted by atomic mass is 32.2. The van der Waals surface area contributed by atoms with Crippen molar-refractivity contribution in [1.29, 1.82) is 0 Å². The SMILES string of the molecule is OC1C[C@H]2[C@H](C=C[C@H]2CSc2ccccc2)O1. The van der Waals surface area contributed by atoms with Crippen LogP contribution in [0.3, 0.4) is 0 Å². The van der Waals surface area contributed by atoms with Crippen LogP contribution in [0.4, 0.5) is 0 Å². The Kier molecular flexibility index (Phi) is 3.23. The van der Waals surface area contributed by atoms with Gasteiger partial charge < -0.3 is 9.84 Å². The van der Waals surface area contributed by atoms with Gasteiger partial charge in [-0.15, -0.1) is 11.8 Å². The van der Waals surface area contributed by atoms with E-state index in [4.69, 9.17) is 4.74 Å². The van der Waals surface area contributed by atoms with Crippen LogP contribution in [0.1, 0.15) is 6.42 Å². The summed E-state index contributed by atoms with van der Waals surface area (Å²) in [4.78, 5) is 1.31. The third-order valence-electron chi connectivity index (χ3n) is 3.49. The van der Waals surface area contributed by atoms with E-state index < -0.39 is 6.29 Å². The van der Waals surface area contributed by atoms with Gasteiger partial charge in [0, 0.05) is 23.0 Å². The van der Waals surface area contributed by atoms with Gasteiger partial charge in [-0.05, 0) is 18.1 Å². The fourth-order valence-electron chi connectivity index (χ4n) is 2.59. The van der Waals surface area contributed by atoms with Crippen molar-refractivity contribution in [2.45, 2.75) is 23.7 Å². The first kappa shape index (κ1) is 11.3. The van der Waals surface area contributed by atoms with Gasteiger partial charge in [0.1, 0.15) is 0 Å². The number of thioether (sulfide) groups is 1. The van der Waals surface area contributed by atoms with Gasteiger partial charge in [-0.3, -0.25) is 0 Å². The Morgan fingerprint density at radius 3 is 2.88 bits per heavy atom. The standard InChI is InChI=1S/C14H16O2S/c15-14-8-12-10(6-7-13(12)16-14)9-17-11-4-2-1-3-5-11/h1-7,10,12-15H,8-9H2/t10-,12+,13-,14?/m0/s1. The normalized spacial score (nSPS) is 35.1. The van der Waals surface area contributed by atoms with Crippen molar-refractivity contribution < 1.29 is 9.84 Å². The van der Waals surface area contributed by atoms with Crippen LogP contribution in [-0.2, 0) is 4.74 Å². The molecule has 1 fully saturated rings. The van der Waals surface area contributed by atoms with E-state index in [2.05, 4.69) is 36.4 Å². The minimum atomic E-state index is -0.556. The van der Waals surface area contributed by atoms with Crippen molar-refractivity contribution >= 4 is 11.8 Å². The number of benzene rings is 1. The lowest BCUT2D eigenvalue weighted by Crippen LogP contribution is -2.16. The van der Waals surface area contributed by atoms with E-state index in [1.54, 1.807) is 0 Å². The molecular weight excluding hydrogens is 232 g/mol. The molecule has 1 heterocycles. The van der Waals surface area contributed by atoms with Gasteiger partial charge in [0.15, 0.2) is 6.29 Å². The molecule has 1 aliphatic carbocycles. The Morgan fingerprint density at radius 2 is 2.06 bits per heavy atom. The Balaban J connectivity index is 1.58. The summed E-state index contributed by atoms with van der Waals surface area (Å²) in [5.41, 5.74) is 0. The van der Waals surface area contributed by atoms with E-state index in [1.165, 1.54) is 4.90 Å². The van der Waals surface area contributed by atoms with Crippen molar-refractivity contribution in [3.8, 4) is 0 Å². The van der Waals surface area contributed by atoms with Crippen molar-refractivity contribution in [3.63, 3.8) is 0 Å². The topological polar surface area (TPSA) is 29.5 Å². The number of rotatable bonds is 3. The predicted molar refractivity (Wildman–Crippen MR) is 68.8 cm³/mol. The Hall–Kier alpha value is -0.770. The summed E-state index contributed by atoms with van der Waals surface area (Å²) >= 11 is 1.88. The van der Waals surface area contributed by atoms with Crippen LogP contribution in [0, 0.1) is 11.8 Å². The largest absolute Gasteiger partial charge is 0.368 e. The fraction of sp³-hybridized carbons (Fsp3) is 0.429. The van der Waals surface area contributed by atoms with Crippen LogP contribution in [0.2, 0.25) is 0 Å². The smallest absolute Gasteiger partial charge is 0.155 e. The zero-order valence-electron chi connectivity index (χ0n) is 9.53. The highest BCUT2D eigenvalue weighted by Gasteiger charge is 2.40. The number of allylic oxidation sites excluding steroid dienone is 1. The molecule has 1 N–H and O–H groups in total. The third-order valence-corrected chi connectivity index (χ3v) is 4.65. The van der Waals surface area contributed by atoms with Crippen LogP contribution < -0.4 is 0 Å². The molecule has 1 saturated heterocycles. The van der Waals surface area contributed by atoms with E-state index in [0.29, 0.717) is 11.8 Å². The lowest BCUT2D eigenvalue weighted by molar-refractivity contribution is -0.0783. The molecule has 4 atom stereocenters. The van der Waals surface area contributed by atoms with Crippen LogP contribution in [0.5, 0.6) is 0 Å². The minimum Gasteiger partial charge on any atom is -0.368 e. The molecule has 1 aromatic carbocycles. The van der Waals surface area contributed by atoms with Crippen LogP contribution in [-0.4, -0.2) is 23.3 Å². The van der Waals surface area contributed by atoms with Gasteiger partial charge in [0.05, 0.1) is 6.10 Å². The quantitative estimate of drug-likeness (QED) is 0.659. The van der Waals surface area contributed by atoms with Gasteiger partial charge in [0.25, 0.3) is 0 Å². The molecule has 0 aromatic heterocycles. The third kappa shape index (κ3) is 2.41. The van der Waals surface area contributed by atoms with Crippen molar-refractivity contribution in [2.24, 2.45) is 11.8 Å². The summed E-state index contributed by atoms with van der Waals surface area (Å²) in [5, 5.41) is 9.48. The average Bonchev–Trinajstić information content (AvgIpc) is 2.87. The first-order valence-electron chi connectivity index (χ1n) is 6.02. The van der Waals surface area contributed by atoms with E-state index in [1.807, 2.05) is 17.8 Å². The van der Waals surface area contributed by atoms with Crippen LogP contribution in [0.15, 0.2) is 47.4 Å². The number of ether oxygens (including phenoxy) is 1. The summed E-state index contributed by atoms with van der Waals surface area (Å²) in [5.74, 6) is 2.07. The second-order valence-electron chi connectivity index (χ2n) is 4.63. The molecule has 90 valence electrons. The number of hydrogen-bond donors (Lipinski definition) is 1. The molecule has 0 bridgehead atoms. The molecule has 17 heavy (non-hydrogen) atoms. The Bertz CT molecular complexity index is 404. The lowest BCUT2D eigenvalue weighted by Gasteiger charge is -2.16. The van der Waals surface area contributed by atoms with Crippen LogP contribution in [0.25, 0.3) is 0 Å². The minimum absolute atomic E-state index is 0.145. The molecule has 1 aliphatic heterocycles. The molecule has 3 rings (SSSR count). The van der Waals surface area contributed by atoms with E-state index in [9.17, 15) is 5.11 Å². The molecule has 0 spiro atoms. The van der Waals surface area contributed by atoms with Crippen molar-refractivity contribution in [2.75, 3.05) is 5.75 Å². The van der Waals surface area contributed by atoms with E-state index >= 15 is 0 Å². The van der Waals surface area contributed by atoms with Gasteiger partial charge in [0.2, 0.25) is 0 Å². The van der Waals surface area contributed by atoms with Crippen LogP contribution >= 0.6 is 11.8 Å². The molecular formula is C14H16O2S. The summed E-state index contributed by atoms with van der Waals surface area (Å²) < 4.78 is 5.43. The molecule has 0 amide bonds. The summed E-state index contributed by atoms with van der Waals surface area (Å²) in [6.07, 6.45) is 4.72. The zero-order valence-corrected chi connectivity index (χ0v) is 10.3. The number of fused-ring (bicyclic) bond motifs is 1. The summed E-state index contributed by atoms with van der Waals surface area (Å²) in [6.45, 7) is 0. The molecule has 0 radical (unpaired) electrons. The summed E-state index contributed by atoms with van der Waals surface area (Å²) in [6, 6.07) is 10.5. The molecule has 2 aliphatic rings. The second-order valence-corrected chi connectivity index (χ2v) is 5.72. The van der Waals surface area contributed by atoms with E-state index in [0.717, 1.165) is 12.2 Å². The fourth-order valence-corrected chi connectivity index (χ4v) is 3.69. The predicted octanol–water partition coefficient (Wildman–Crippen LogP) is 2.69. The Labute approximate surface area is 106 Å². The number of aliphatic hydroxyl groups excluding tert-OH is 1. The van der Waals surface area contributed by atoms with Gasteiger partial charge in [-0.1, -0.05) is 30.4 Å². The lowest BCUT2D eigenvalue weighted by atomic mass is 9.94. The highest BCUT2D eigenvalue weighted by Crippen LogP contribution is 2.40. The molecule has 1 unspecified atom stereocenters. The second kappa shape index (κ2) is 4.84. The van der Waals surface area contributed by atoms with Gasteiger partial charge in [-0.25, -0.2) is 0 Å². The first-order chi connectivity index (χ1) is 8.33. The maximum Gasteiger partial charge on any atom is 0.155 e. The molecule has 3 heteroatoms. The average molecular weight is 248 g/mol. The maximum absolute atomic E-state index is 9.48. The Morgan fingerprint density at radius 1 is 1.24 bits per heavy atom. The number of aliphatic hydroxyl groups is 1. The monoisotopic (exact) mass is 248 g/mol. The maximum atomic E-state index is 9.48. The molecule has 1 aromatic rings. The van der Waals surface area contributed by atoms with E-state index in [-0.39, 0.29) is 6.10 Å². The summed E-state index contributed by atoms with van der Waals surface area (Å²) in [7, 11) is 0. The highest BCUT2D eigenvalue weighted by molar-refractivity contribution is 7.99. The molecule has 0 saturated carbocycles. The van der Waals surface area contributed by atoms with Crippen molar-refractivity contribution in [1.82, 2.24) is 0 Å². The zero-order chi connectivity index (χ0) is 11.7.